The standard InChI is InChI=1S/C17H17N7O/c1-25-10-13-7-16(24-17(22-13)20-11-21-24)19-9-15-18-8-14(23-15)12-5-3-2-4-6-12/h2-8,11,19H,9-10H2,1H3,(H,18,23). The summed E-state index contributed by atoms with van der Waals surface area (Å²) in [7, 11) is 1.64. The van der Waals surface area contributed by atoms with Crippen molar-refractivity contribution in [3.8, 4) is 11.3 Å². The van der Waals surface area contributed by atoms with Gasteiger partial charge in [0.25, 0.3) is 5.78 Å². The van der Waals surface area contributed by atoms with Crippen LogP contribution in [0.3, 0.4) is 0 Å². The van der Waals surface area contributed by atoms with Gasteiger partial charge in [0.05, 0.1) is 30.7 Å². The third-order valence-corrected chi connectivity index (χ3v) is 3.75. The average Bonchev–Trinajstić information content (AvgIpc) is 3.30. The first-order valence-electron chi connectivity index (χ1n) is 7.85. The number of ether oxygens (including phenoxy) is 1. The fourth-order valence-corrected chi connectivity index (χ4v) is 2.60. The molecule has 126 valence electrons. The van der Waals surface area contributed by atoms with Gasteiger partial charge in [0.2, 0.25) is 0 Å². The van der Waals surface area contributed by atoms with Crippen LogP contribution in [-0.4, -0.2) is 36.7 Å². The molecule has 1 aromatic carbocycles. The van der Waals surface area contributed by atoms with E-state index in [1.54, 1.807) is 11.6 Å². The molecule has 0 amide bonds. The number of anilines is 1. The summed E-state index contributed by atoms with van der Waals surface area (Å²) in [5, 5.41) is 7.52. The number of imidazole rings is 1. The summed E-state index contributed by atoms with van der Waals surface area (Å²) >= 11 is 0. The number of rotatable bonds is 6. The normalized spacial score (nSPS) is 11.1. The minimum absolute atomic E-state index is 0.414. The molecule has 0 aliphatic rings. The molecule has 0 aliphatic carbocycles. The Morgan fingerprint density at radius 2 is 2.08 bits per heavy atom. The molecule has 0 saturated heterocycles. The maximum Gasteiger partial charge on any atom is 0.254 e. The van der Waals surface area contributed by atoms with Crippen molar-refractivity contribution in [3.05, 3.63) is 60.4 Å². The number of aromatic amines is 1. The third-order valence-electron chi connectivity index (χ3n) is 3.75. The molecular formula is C17H17N7O. The van der Waals surface area contributed by atoms with Crippen molar-refractivity contribution in [3.63, 3.8) is 0 Å². The van der Waals surface area contributed by atoms with E-state index in [2.05, 4.69) is 30.4 Å². The minimum atomic E-state index is 0.414. The second-order valence-electron chi connectivity index (χ2n) is 5.50. The molecule has 4 aromatic rings. The first-order valence-corrected chi connectivity index (χ1v) is 7.85. The summed E-state index contributed by atoms with van der Waals surface area (Å²) in [6.07, 6.45) is 3.31. The number of benzene rings is 1. The van der Waals surface area contributed by atoms with E-state index in [0.29, 0.717) is 18.9 Å². The highest BCUT2D eigenvalue weighted by atomic mass is 16.5. The first kappa shape index (κ1) is 15.3. The van der Waals surface area contributed by atoms with Gasteiger partial charge in [-0.05, 0) is 5.56 Å². The number of fused-ring (bicyclic) bond motifs is 1. The van der Waals surface area contributed by atoms with Crippen LogP contribution in [0.4, 0.5) is 5.82 Å². The van der Waals surface area contributed by atoms with Crippen molar-refractivity contribution in [2.75, 3.05) is 12.4 Å². The van der Waals surface area contributed by atoms with Gasteiger partial charge in [0, 0.05) is 13.2 Å². The van der Waals surface area contributed by atoms with Gasteiger partial charge in [-0.3, -0.25) is 0 Å². The maximum absolute atomic E-state index is 5.16. The van der Waals surface area contributed by atoms with Gasteiger partial charge >= 0.3 is 0 Å². The van der Waals surface area contributed by atoms with Crippen LogP contribution in [0.1, 0.15) is 11.5 Å². The van der Waals surface area contributed by atoms with E-state index in [0.717, 1.165) is 28.6 Å². The van der Waals surface area contributed by atoms with Gasteiger partial charge in [0.1, 0.15) is 18.0 Å². The van der Waals surface area contributed by atoms with E-state index in [1.165, 1.54) is 6.33 Å². The molecule has 3 aromatic heterocycles. The lowest BCUT2D eigenvalue weighted by Gasteiger charge is -2.08. The Morgan fingerprint density at radius 1 is 1.20 bits per heavy atom. The summed E-state index contributed by atoms with van der Waals surface area (Å²) in [6.45, 7) is 0.940. The molecular weight excluding hydrogens is 318 g/mol. The molecule has 0 atom stereocenters. The lowest BCUT2D eigenvalue weighted by Crippen LogP contribution is -2.09. The minimum Gasteiger partial charge on any atom is -0.378 e. The molecule has 8 nitrogen and oxygen atoms in total. The molecule has 0 aliphatic heterocycles. The van der Waals surface area contributed by atoms with E-state index in [1.807, 2.05) is 42.6 Å². The topological polar surface area (TPSA) is 93.0 Å². The highest BCUT2D eigenvalue weighted by molar-refractivity contribution is 5.58. The molecule has 0 bridgehead atoms. The fourth-order valence-electron chi connectivity index (χ4n) is 2.60. The van der Waals surface area contributed by atoms with Gasteiger partial charge < -0.3 is 15.0 Å². The predicted octanol–water partition coefficient (Wildman–Crippen LogP) is 2.27. The molecule has 3 heterocycles. The number of aromatic nitrogens is 6. The molecule has 0 radical (unpaired) electrons. The number of methoxy groups -OCH3 is 1. The Labute approximate surface area is 143 Å². The Balaban J connectivity index is 1.54. The van der Waals surface area contributed by atoms with E-state index in [9.17, 15) is 0 Å². The lowest BCUT2D eigenvalue weighted by molar-refractivity contribution is 0.181. The predicted molar refractivity (Wildman–Crippen MR) is 92.8 cm³/mol. The molecule has 0 fully saturated rings. The molecule has 0 saturated carbocycles. The third kappa shape index (κ3) is 3.20. The summed E-state index contributed by atoms with van der Waals surface area (Å²) in [5.41, 5.74) is 2.87. The van der Waals surface area contributed by atoms with Crippen LogP contribution >= 0.6 is 0 Å². The summed E-state index contributed by atoms with van der Waals surface area (Å²) in [5.74, 6) is 2.14. The number of nitrogens with zero attached hydrogens (tertiary/aromatic N) is 5. The van der Waals surface area contributed by atoms with Crippen molar-refractivity contribution < 1.29 is 4.74 Å². The first-order chi connectivity index (χ1) is 12.3. The highest BCUT2D eigenvalue weighted by Gasteiger charge is 2.09. The largest absolute Gasteiger partial charge is 0.378 e. The number of nitrogens with one attached hydrogen (secondary N) is 2. The van der Waals surface area contributed by atoms with Crippen molar-refractivity contribution in [2.45, 2.75) is 13.2 Å². The Kier molecular flexibility index (Phi) is 4.09. The van der Waals surface area contributed by atoms with E-state index in [-0.39, 0.29) is 0 Å². The lowest BCUT2D eigenvalue weighted by atomic mass is 10.2. The van der Waals surface area contributed by atoms with Crippen molar-refractivity contribution in [2.24, 2.45) is 0 Å². The van der Waals surface area contributed by atoms with Crippen LogP contribution < -0.4 is 5.32 Å². The van der Waals surface area contributed by atoms with Crippen molar-refractivity contribution in [1.29, 1.82) is 0 Å². The van der Waals surface area contributed by atoms with Gasteiger partial charge in [-0.15, -0.1) is 0 Å². The van der Waals surface area contributed by atoms with Gasteiger partial charge in [-0.2, -0.15) is 14.6 Å². The molecule has 25 heavy (non-hydrogen) atoms. The second-order valence-corrected chi connectivity index (χ2v) is 5.50. The van der Waals surface area contributed by atoms with Crippen LogP contribution in [-0.2, 0) is 17.9 Å². The van der Waals surface area contributed by atoms with Crippen LogP contribution in [0.2, 0.25) is 0 Å². The maximum atomic E-state index is 5.16. The quantitative estimate of drug-likeness (QED) is 0.561. The smallest absolute Gasteiger partial charge is 0.254 e. The molecule has 0 unspecified atom stereocenters. The van der Waals surface area contributed by atoms with Crippen molar-refractivity contribution >= 4 is 11.6 Å². The van der Waals surface area contributed by atoms with Crippen molar-refractivity contribution in [1.82, 2.24) is 29.5 Å². The van der Waals surface area contributed by atoms with Crippen LogP contribution in [0, 0.1) is 0 Å². The molecule has 4 rings (SSSR count). The van der Waals surface area contributed by atoms with E-state index < -0.39 is 0 Å². The summed E-state index contributed by atoms with van der Waals surface area (Å²) < 4.78 is 6.81. The highest BCUT2D eigenvalue weighted by Crippen LogP contribution is 2.17. The Bertz CT molecular complexity index is 977. The van der Waals surface area contributed by atoms with E-state index in [4.69, 9.17) is 4.74 Å². The van der Waals surface area contributed by atoms with Gasteiger partial charge in [-0.1, -0.05) is 30.3 Å². The number of hydrogen-bond acceptors (Lipinski definition) is 6. The van der Waals surface area contributed by atoms with Gasteiger partial charge in [0.15, 0.2) is 0 Å². The van der Waals surface area contributed by atoms with Gasteiger partial charge in [-0.25, -0.2) is 9.97 Å². The second kappa shape index (κ2) is 6.70. The zero-order valence-corrected chi connectivity index (χ0v) is 13.7. The molecule has 2 N–H and O–H groups in total. The number of hydrogen-bond donors (Lipinski definition) is 2. The van der Waals surface area contributed by atoms with E-state index >= 15 is 0 Å². The SMILES string of the molecule is COCc1cc(NCc2ncc(-c3ccccc3)[nH]2)n2ncnc2n1. The summed E-state index contributed by atoms with van der Waals surface area (Å²) in [4.78, 5) is 16.3. The average molecular weight is 335 g/mol. The van der Waals surface area contributed by atoms with Crippen LogP contribution in [0.15, 0.2) is 48.9 Å². The Morgan fingerprint density at radius 3 is 2.92 bits per heavy atom. The van der Waals surface area contributed by atoms with Crippen LogP contribution in [0.5, 0.6) is 0 Å². The zero-order valence-electron chi connectivity index (χ0n) is 13.7. The van der Waals surface area contributed by atoms with Crippen LogP contribution in [0.25, 0.3) is 17.0 Å². The fraction of sp³-hybridized carbons (Fsp3) is 0.176. The number of H-pyrrole nitrogens is 1. The molecule has 0 spiro atoms. The molecule has 8 heteroatoms. The zero-order chi connectivity index (χ0) is 17.1. The Hall–Kier alpha value is -3.26. The summed E-state index contributed by atoms with van der Waals surface area (Å²) in [6, 6.07) is 12.0. The monoisotopic (exact) mass is 335 g/mol.